The average molecular weight is 382 g/mol. The van der Waals surface area contributed by atoms with Gasteiger partial charge in [0.2, 0.25) is 0 Å². The largest absolute Gasteiger partial charge is 0.490 e. The third kappa shape index (κ3) is 5.17. The Labute approximate surface area is 166 Å². The van der Waals surface area contributed by atoms with Crippen LogP contribution in [0.3, 0.4) is 0 Å². The van der Waals surface area contributed by atoms with Crippen LogP contribution in [0.4, 0.5) is 5.69 Å². The highest BCUT2D eigenvalue weighted by molar-refractivity contribution is 5.93. The number of nitrogens with zero attached hydrogens (tertiary/aromatic N) is 1. The van der Waals surface area contributed by atoms with E-state index in [1.807, 2.05) is 46.8 Å². The smallest absolute Gasteiger partial charge is 0.262 e. The van der Waals surface area contributed by atoms with Gasteiger partial charge in [-0.05, 0) is 45.7 Å². The molecule has 6 heteroatoms. The first-order chi connectivity index (χ1) is 13.4. The Morgan fingerprint density at radius 3 is 2.07 bits per heavy atom. The van der Waals surface area contributed by atoms with Gasteiger partial charge in [-0.15, -0.1) is 0 Å². The summed E-state index contributed by atoms with van der Waals surface area (Å²) >= 11 is 0. The molecule has 0 aromatic heterocycles. The lowest BCUT2D eigenvalue weighted by Gasteiger charge is -2.16. The maximum atomic E-state index is 12.4. The molecule has 0 saturated carbocycles. The Bertz CT molecular complexity index is 877. The summed E-state index contributed by atoms with van der Waals surface area (Å²) in [5.41, 5.74) is 3.75. The number of anilines is 1. The third-order valence-electron chi connectivity index (χ3n) is 4.03. The number of nitrogens with one attached hydrogen (secondary N) is 1. The maximum absolute atomic E-state index is 12.4. The number of aryl methyl sites for hydroxylation is 3. The van der Waals surface area contributed by atoms with E-state index in [9.17, 15) is 10.1 Å². The van der Waals surface area contributed by atoms with Crippen LogP contribution < -0.4 is 19.5 Å². The molecule has 0 radical (unpaired) electrons. The molecule has 2 rings (SSSR count). The Kier molecular flexibility index (Phi) is 7.28. The summed E-state index contributed by atoms with van der Waals surface area (Å²) in [6.07, 6.45) is 0. The SMILES string of the molecule is CCOc1cc(C#N)c(NC(=O)COc2c(C)cc(C)cc2C)cc1OCC. The van der Waals surface area contributed by atoms with Crippen LogP contribution in [0.5, 0.6) is 17.2 Å². The van der Waals surface area contributed by atoms with Crippen LogP contribution in [0.15, 0.2) is 24.3 Å². The predicted octanol–water partition coefficient (Wildman–Crippen LogP) is 4.30. The van der Waals surface area contributed by atoms with Crippen molar-refractivity contribution in [1.82, 2.24) is 0 Å². The molecule has 0 fully saturated rings. The zero-order chi connectivity index (χ0) is 20.7. The predicted molar refractivity (Wildman–Crippen MR) is 108 cm³/mol. The molecule has 0 atom stereocenters. The minimum Gasteiger partial charge on any atom is -0.490 e. The lowest BCUT2D eigenvalue weighted by molar-refractivity contribution is -0.118. The topological polar surface area (TPSA) is 80.6 Å². The molecular formula is C22H26N2O4. The van der Waals surface area contributed by atoms with Crippen molar-refractivity contribution in [3.63, 3.8) is 0 Å². The van der Waals surface area contributed by atoms with Gasteiger partial charge in [0.1, 0.15) is 11.8 Å². The van der Waals surface area contributed by atoms with E-state index < -0.39 is 0 Å². The molecule has 0 bridgehead atoms. The van der Waals surface area contributed by atoms with Gasteiger partial charge in [0.15, 0.2) is 18.1 Å². The minimum absolute atomic E-state index is 0.160. The fourth-order valence-corrected chi connectivity index (χ4v) is 3.01. The van der Waals surface area contributed by atoms with Gasteiger partial charge in [-0.3, -0.25) is 4.79 Å². The molecule has 0 unspecified atom stereocenters. The Hall–Kier alpha value is -3.20. The number of carbonyl (C=O) groups is 1. The van der Waals surface area contributed by atoms with Crippen LogP contribution in [0.25, 0.3) is 0 Å². The van der Waals surface area contributed by atoms with Crippen LogP contribution in [0.1, 0.15) is 36.1 Å². The van der Waals surface area contributed by atoms with E-state index in [1.165, 1.54) is 0 Å². The standard InChI is InChI=1S/C22H26N2O4/c1-6-26-19-10-17(12-23)18(11-20(19)27-7-2)24-21(25)13-28-22-15(4)8-14(3)9-16(22)5/h8-11H,6-7,13H2,1-5H3,(H,24,25). The zero-order valence-corrected chi connectivity index (χ0v) is 17.0. The van der Waals surface area contributed by atoms with Crippen LogP contribution in [-0.2, 0) is 4.79 Å². The van der Waals surface area contributed by atoms with E-state index in [4.69, 9.17) is 14.2 Å². The van der Waals surface area contributed by atoms with Gasteiger partial charge in [-0.2, -0.15) is 5.26 Å². The van der Waals surface area contributed by atoms with E-state index >= 15 is 0 Å². The van der Waals surface area contributed by atoms with E-state index in [-0.39, 0.29) is 12.5 Å². The number of hydrogen-bond donors (Lipinski definition) is 1. The van der Waals surface area contributed by atoms with Gasteiger partial charge in [0, 0.05) is 12.1 Å². The second-order valence-corrected chi connectivity index (χ2v) is 6.39. The highest BCUT2D eigenvalue weighted by Gasteiger charge is 2.15. The second-order valence-electron chi connectivity index (χ2n) is 6.39. The van der Waals surface area contributed by atoms with Crippen molar-refractivity contribution < 1.29 is 19.0 Å². The molecule has 28 heavy (non-hydrogen) atoms. The summed E-state index contributed by atoms with van der Waals surface area (Å²) in [7, 11) is 0. The first-order valence-electron chi connectivity index (χ1n) is 9.23. The number of hydrogen-bond acceptors (Lipinski definition) is 5. The molecule has 148 valence electrons. The minimum atomic E-state index is -0.359. The number of rotatable bonds is 8. The average Bonchev–Trinajstić information content (AvgIpc) is 2.63. The normalized spacial score (nSPS) is 10.1. The maximum Gasteiger partial charge on any atom is 0.262 e. The van der Waals surface area contributed by atoms with Gasteiger partial charge in [-0.25, -0.2) is 0 Å². The molecular weight excluding hydrogens is 356 g/mol. The summed E-state index contributed by atoms with van der Waals surface area (Å²) in [5.74, 6) is 1.29. The quantitative estimate of drug-likeness (QED) is 0.736. The molecule has 2 aromatic carbocycles. The highest BCUT2D eigenvalue weighted by atomic mass is 16.5. The number of benzene rings is 2. The van der Waals surface area contributed by atoms with E-state index in [1.54, 1.807) is 12.1 Å². The van der Waals surface area contributed by atoms with Gasteiger partial charge in [-0.1, -0.05) is 17.7 Å². The van der Waals surface area contributed by atoms with E-state index in [0.29, 0.717) is 41.7 Å². The van der Waals surface area contributed by atoms with E-state index in [0.717, 1.165) is 16.7 Å². The Balaban J connectivity index is 2.17. The van der Waals surface area contributed by atoms with Crippen molar-refractivity contribution in [2.45, 2.75) is 34.6 Å². The molecule has 0 aliphatic heterocycles. The summed E-state index contributed by atoms with van der Waals surface area (Å²) < 4.78 is 16.8. The number of carbonyl (C=O) groups excluding carboxylic acids is 1. The van der Waals surface area contributed by atoms with Crippen molar-refractivity contribution in [2.24, 2.45) is 0 Å². The van der Waals surface area contributed by atoms with Crippen LogP contribution in [0.2, 0.25) is 0 Å². The molecule has 0 heterocycles. The van der Waals surface area contributed by atoms with Crippen LogP contribution >= 0.6 is 0 Å². The van der Waals surface area contributed by atoms with Gasteiger partial charge < -0.3 is 19.5 Å². The highest BCUT2D eigenvalue weighted by Crippen LogP contribution is 2.33. The van der Waals surface area contributed by atoms with E-state index in [2.05, 4.69) is 11.4 Å². The molecule has 1 N–H and O–H groups in total. The lowest BCUT2D eigenvalue weighted by Crippen LogP contribution is -2.21. The summed E-state index contributed by atoms with van der Waals surface area (Å²) in [4.78, 5) is 12.4. The van der Waals surface area contributed by atoms with Crippen molar-refractivity contribution in [2.75, 3.05) is 25.1 Å². The van der Waals surface area contributed by atoms with Crippen molar-refractivity contribution in [1.29, 1.82) is 5.26 Å². The van der Waals surface area contributed by atoms with Crippen molar-refractivity contribution in [3.8, 4) is 23.3 Å². The number of amides is 1. The fraction of sp³-hybridized carbons (Fsp3) is 0.364. The third-order valence-corrected chi connectivity index (χ3v) is 4.03. The van der Waals surface area contributed by atoms with Gasteiger partial charge >= 0.3 is 0 Å². The lowest BCUT2D eigenvalue weighted by atomic mass is 10.1. The molecule has 1 amide bonds. The number of ether oxygens (including phenoxy) is 3. The second kappa shape index (κ2) is 9.65. The number of nitriles is 1. The summed E-state index contributed by atoms with van der Waals surface area (Å²) in [5, 5.41) is 12.2. The Morgan fingerprint density at radius 2 is 1.54 bits per heavy atom. The monoisotopic (exact) mass is 382 g/mol. The molecule has 0 spiro atoms. The first kappa shape index (κ1) is 21.1. The molecule has 6 nitrogen and oxygen atoms in total. The summed E-state index contributed by atoms with van der Waals surface area (Å²) in [6.45, 7) is 10.3. The Morgan fingerprint density at radius 1 is 0.964 bits per heavy atom. The zero-order valence-electron chi connectivity index (χ0n) is 17.0. The van der Waals surface area contributed by atoms with Crippen LogP contribution in [-0.4, -0.2) is 25.7 Å². The molecule has 0 aliphatic rings. The van der Waals surface area contributed by atoms with Gasteiger partial charge in [0.25, 0.3) is 5.91 Å². The molecule has 0 aliphatic carbocycles. The summed E-state index contributed by atoms with van der Waals surface area (Å²) in [6, 6.07) is 9.27. The molecule has 2 aromatic rings. The first-order valence-corrected chi connectivity index (χ1v) is 9.23. The van der Waals surface area contributed by atoms with Gasteiger partial charge in [0.05, 0.1) is 24.5 Å². The molecule has 0 saturated heterocycles. The van der Waals surface area contributed by atoms with Crippen molar-refractivity contribution >= 4 is 11.6 Å². The van der Waals surface area contributed by atoms with Crippen molar-refractivity contribution in [3.05, 3.63) is 46.5 Å². The van der Waals surface area contributed by atoms with Crippen LogP contribution in [0, 0.1) is 32.1 Å². The fourth-order valence-electron chi connectivity index (χ4n) is 3.01.